The van der Waals surface area contributed by atoms with Crippen LogP contribution in [0.5, 0.6) is 0 Å². The largest absolute Gasteiger partial charge is 0.347 e. The van der Waals surface area contributed by atoms with Crippen LogP contribution >= 0.6 is 11.6 Å². The van der Waals surface area contributed by atoms with E-state index in [1.807, 2.05) is 18.2 Å². The summed E-state index contributed by atoms with van der Waals surface area (Å²) in [6, 6.07) is 7.93. The molecular formula is C15H22ClN3O. The Bertz CT molecular complexity index is 478. The van der Waals surface area contributed by atoms with Gasteiger partial charge in [-0.2, -0.15) is 0 Å². The SMILES string of the molecule is CC(c1cccc(Cl)c1)N1CCNCC1C(=O)N(C)C. The molecule has 0 radical (unpaired) electrons. The van der Waals surface area contributed by atoms with Gasteiger partial charge in [0.25, 0.3) is 0 Å². The van der Waals surface area contributed by atoms with Crippen molar-refractivity contribution < 1.29 is 4.79 Å². The normalized spacial score (nSPS) is 21.5. The van der Waals surface area contributed by atoms with Crippen LogP contribution in [-0.4, -0.2) is 55.5 Å². The lowest BCUT2D eigenvalue weighted by Gasteiger charge is -2.40. The fourth-order valence-electron chi connectivity index (χ4n) is 2.67. The third-order valence-electron chi connectivity index (χ3n) is 3.84. The van der Waals surface area contributed by atoms with E-state index in [1.54, 1.807) is 19.0 Å². The molecule has 20 heavy (non-hydrogen) atoms. The molecule has 0 saturated carbocycles. The molecule has 0 bridgehead atoms. The summed E-state index contributed by atoms with van der Waals surface area (Å²) in [5, 5.41) is 4.04. The quantitative estimate of drug-likeness (QED) is 0.923. The topological polar surface area (TPSA) is 35.6 Å². The highest BCUT2D eigenvalue weighted by Gasteiger charge is 2.33. The summed E-state index contributed by atoms with van der Waals surface area (Å²) in [7, 11) is 3.61. The molecule has 5 heteroatoms. The van der Waals surface area contributed by atoms with E-state index in [9.17, 15) is 4.79 Å². The second-order valence-electron chi connectivity index (χ2n) is 5.42. The first-order chi connectivity index (χ1) is 9.50. The Morgan fingerprint density at radius 2 is 2.25 bits per heavy atom. The van der Waals surface area contributed by atoms with Crippen LogP contribution in [-0.2, 0) is 4.79 Å². The van der Waals surface area contributed by atoms with Crippen molar-refractivity contribution in [2.24, 2.45) is 0 Å². The number of hydrogen-bond donors (Lipinski definition) is 1. The Kier molecular flexibility index (Phi) is 5.02. The maximum atomic E-state index is 12.3. The Labute approximate surface area is 125 Å². The molecule has 2 unspecified atom stereocenters. The Balaban J connectivity index is 2.21. The number of amides is 1. The molecule has 1 heterocycles. The van der Waals surface area contributed by atoms with Crippen LogP contribution < -0.4 is 5.32 Å². The third-order valence-corrected chi connectivity index (χ3v) is 4.07. The number of hydrogen-bond acceptors (Lipinski definition) is 3. The summed E-state index contributed by atoms with van der Waals surface area (Å²) in [6.07, 6.45) is 0. The maximum Gasteiger partial charge on any atom is 0.240 e. The van der Waals surface area contributed by atoms with Crippen LogP contribution in [0.4, 0.5) is 0 Å². The van der Waals surface area contributed by atoms with Gasteiger partial charge in [0.2, 0.25) is 5.91 Å². The number of carbonyl (C=O) groups excluding carboxylic acids is 1. The summed E-state index contributed by atoms with van der Waals surface area (Å²) < 4.78 is 0. The average molecular weight is 296 g/mol. The molecule has 4 nitrogen and oxygen atoms in total. The lowest BCUT2D eigenvalue weighted by atomic mass is 10.0. The minimum Gasteiger partial charge on any atom is -0.347 e. The van der Waals surface area contributed by atoms with Gasteiger partial charge in [-0.25, -0.2) is 0 Å². The number of likely N-dealkylation sites (N-methyl/N-ethyl adjacent to an activating group) is 1. The number of piperazine rings is 1. The number of halogens is 1. The summed E-state index contributed by atoms with van der Waals surface area (Å²) in [4.78, 5) is 16.2. The minimum absolute atomic E-state index is 0.118. The van der Waals surface area contributed by atoms with Crippen molar-refractivity contribution >= 4 is 17.5 Å². The van der Waals surface area contributed by atoms with Crippen molar-refractivity contribution in [3.05, 3.63) is 34.9 Å². The second-order valence-corrected chi connectivity index (χ2v) is 5.86. The number of rotatable bonds is 3. The smallest absolute Gasteiger partial charge is 0.240 e. The second kappa shape index (κ2) is 6.57. The van der Waals surface area contributed by atoms with Crippen molar-refractivity contribution in [3.63, 3.8) is 0 Å². The van der Waals surface area contributed by atoms with Crippen molar-refractivity contribution in [1.29, 1.82) is 0 Å². The first-order valence-corrected chi connectivity index (χ1v) is 7.31. The molecule has 1 amide bonds. The molecule has 1 aromatic carbocycles. The van der Waals surface area contributed by atoms with E-state index >= 15 is 0 Å². The Hall–Kier alpha value is -1.10. The molecule has 1 fully saturated rings. The van der Waals surface area contributed by atoms with Gasteiger partial charge in [-0.3, -0.25) is 9.69 Å². The van der Waals surface area contributed by atoms with Gasteiger partial charge in [-0.1, -0.05) is 23.7 Å². The lowest BCUT2D eigenvalue weighted by Crippen LogP contribution is -2.58. The van der Waals surface area contributed by atoms with E-state index in [1.165, 1.54) is 0 Å². The van der Waals surface area contributed by atoms with E-state index in [4.69, 9.17) is 11.6 Å². The maximum absolute atomic E-state index is 12.3. The number of nitrogens with one attached hydrogen (secondary N) is 1. The molecule has 0 aliphatic carbocycles. The number of carbonyl (C=O) groups is 1. The molecule has 1 N–H and O–H groups in total. The Morgan fingerprint density at radius 3 is 2.90 bits per heavy atom. The fraction of sp³-hybridized carbons (Fsp3) is 0.533. The summed E-state index contributed by atoms with van der Waals surface area (Å²) in [5.74, 6) is 0.145. The zero-order valence-corrected chi connectivity index (χ0v) is 13.0. The van der Waals surface area contributed by atoms with Gasteiger partial charge in [0.05, 0.1) is 0 Å². The van der Waals surface area contributed by atoms with Gasteiger partial charge >= 0.3 is 0 Å². The zero-order chi connectivity index (χ0) is 14.7. The molecule has 2 rings (SSSR count). The van der Waals surface area contributed by atoms with Gasteiger partial charge in [0, 0.05) is 44.8 Å². The number of nitrogens with zero attached hydrogens (tertiary/aromatic N) is 2. The van der Waals surface area contributed by atoms with Gasteiger partial charge in [-0.05, 0) is 24.6 Å². The molecule has 1 aliphatic rings. The molecule has 110 valence electrons. The predicted octanol–water partition coefficient (Wildman–Crippen LogP) is 1.76. The van der Waals surface area contributed by atoms with Gasteiger partial charge in [0.1, 0.15) is 6.04 Å². The molecule has 0 aromatic heterocycles. The summed E-state index contributed by atoms with van der Waals surface area (Å²) in [5.41, 5.74) is 1.15. The van der Waals surface area contributed by atoms with E-state index in [0.29, 0.717) is 6.54 Å². The van der Waals surface area contributed by atoms with Crippen LogP contribution in [0.25, 0.3) is 0 Å². The fourth-order valence-corrected chi connectivity index (χ4v) is 2.87. The molecular weight excluding hydrogens is 274 g/mol. The van der Waals surface area contributed by atoms with Crippen molar-refractivity contribution in [2.45, 2.75) is 19.0 Å². The Morgan fingerprint density at radius 1 is 1.50 bits per heavy atom. The van der Waals surface area contributed by atoms with Gasteiger partial charge < -0.3 is 10.2 Å². The van der Waals surface area contributed by atoms with Gasteiger partial charge in [0.15, 0.2) is 0 Å². The summed E-state index contributed by atoms with van der Waals surface area (Å²) in [6.45, 7) is 4.59. The average Bonchev–Trinajstić information content (AvgIpc) is 2.45. The standard InChI is InChI=1S/C15H22ClN3O/c1-11(12-5-4-6-13(16)9-12)19-8-7-17-10-14(19)15(20)18(2)3/h4-6,9,11,14,17H,7-8,10H2,1-3H3. The molecule has 1 aliphatic heterocycles. The van der Waals surface area contributed by atoms with Gasteiger partial charge in [-0.15, -0.1) is 0 Å². The minimum atomic E-state index is -0.118. The lowest BCUT2D eigenvalue weighted by molar-refractivity contribution is -0.136. The number of benzene rings is 1. The highest BCUT2D eigenvalue weighted by molar-refractivity contribution is 6.30. The highest BCUT2D eigenvalue weighted by Crippen LogP contribution is 2.25. The molecule has 2 atom stereocenters. The molecule has 1 aromatic rings. The van der Waals surface area contributed by atoms with Crippen molar-refractivity contribution in [3.8, 4) is 0 Å². The summed E-state index contributed by atoms with van der Waals surface area (Å²) >= 11 is 6.07. The monoisotopic (exact) mass is 295 g/mol. The van der Waals surface area contributed by atoms with Crippen LogP contribution in [0.1, 0.15) is 18.5 Å². The van der Waals surface area contributed by atoms with Crippen LogP contribution in [0.15, 0.2) is 24.3 Å². The molecule has 0 spiro atoms. The zero-order valence-electron chi connectivity index (χ0n) is 12.3. The first-order valence-electron chi connectivity index (χ1n) is 6.94. The van der Waals surface area contributed by atoms with Crippen LogP contribution in [0.3, 0.4) is 0 Å². The first kappa shape index (κ1) is 15.3. The van der Waals surface area contributed by atoms with Crippen LogP contribution in [0.2, 0.25) is 5.02 Å². The van der Waals surface area contributed by atoms with Crippen molar-refractivity contribution in [2.75, 3.05) is 33.7 Å². The van der Waals surface area contributed by atoms with E-state index in [2.05, 4.69) is 23.2 Å². The van der Waals surface area contributed by atoms with Crippen LogP contribution in [0, 0.1) is 0 Å². The predicted molar refractivity (Wildman–Crippen MR) is 81.9 cm³/mol. The van der Waals surface area contributed by atoms with E-state index < -0.39 is 0 Å². The highest BCUT2D eigenvalue weighted by atomic mass is 35.5. The van der Waals surface area contributed by atoms with E-state index in [0.717, 1.165) is 23.7 Å². The van der Waals surface area contributed by atoms with E-state index in [-0.39, 0.29) is 18.0 Å². The van der Waals surface area contributed by atoms with Crippen molar-refractivity contribution in [1.82, 2.24) is 15.1 Å². The molecule has 1 saturated heterocycles. The third kappa shape index (κ3) is 3.32.